The summed E-state index contributed by atoms with van der Waals surface area (Å²) in [6.45, 7) is 4.65. The fourth-order valence-corrected chi connectivity index (χ4v) is 8.95. The first-order valence-electron chi connectivity index (χ1n) is 18.7. The Kier molecular flexibility index (Phi) is 6.60. The Morgan fingerprint density at radius 2 is 1.00 bits per heavy atom. The van der Waals surface area contributed by atoms with Crippen LogP contribution < -0.4 is 0 Å². The van der Waals surface area contributed by atoms with Gasteiger partial charge in [-0.15, -0.1) is 0 Å². The lowest BCUT2D eigenvalue weighted by Gasteiger charge is -2.22. The molecule has 0 amide bonds. The Labute approximate surface area is 313 Å². The van der Waals surface area contributed by atoms with Gasteiger partial charge in [0.2, 0.25) is 0 Å². The van der Waals surface area contributed by atoms with Crippen LogP contribution in [0.2, 0.25) is 0 Å². The highest BCUT2D eigenvalue weighted by Gasteiger charge is 2.35. The molecule has 1 aliphatic rings. The zero-order valence-corrected chi connectivity index (χ0v) is 30.1. The Bertz CT molecular complexity index is 3040. The maximum Gasteiger partial charge on any atom is 0.160 e. The molecule has 0 fully saturated rings. The van der Waals surface area contributed by atoms with Crippen molar-refractivity contribution in [1.29, 1.82) is 0 Å². The number of nitrogens with zero attached hydrogens (tertiary/aromatic N) is 3. The quantitative estimate of drug-likeness (QED) is 0.184. The van der Waals surface area contributed by atoms with Crippen molar-refractivity contribution in [2.45, 2.75) is 19.3 Å². The van der Waals surface area contributed by atoms with Crippen molar-refractivity contribution in [2.24, 2.45) is 0 Å². The average molecular weight is 690 g/mol. The van der Waals surface area contributed by atoms with Crippen LogP contribution in [0.1, 0.15) is 25.0 Å². The van der Waals surface area contributed by atoms with Crippen molar-refractivity contribution in [3.8, 4) is 50.7 Å². The second kappa shape index (κ2) is 11.6. The summed E-state index contributed by atoms with van der Waals surface area (Å²) in [6, 6.07) is 63.5. The van der Waals surface area contributed by atoms with Crippen LogP contribution in [0.5, 0.6) is 0 Å². The van der Waals surface area contributed by atoms with Crippen molar-refractivity contribution in [2.75, 3.05) is 0 Å². The van der Waals surface area contributed by atoms with Crippen molar-refractivity contribution >= 4 is 43.4 Å². The van der Waals surface area contributed by atoms with E-state index in [2.05, 4.69) is 188 Å². The lowest BCUT2D eigenvalue weighted by Crippen LogP contribution is -2.14. The number of fused-ring (bicyclic) bond motifs is 10. The third kappa shape index (κ3) is 4.55. The van der Waals surface area contributed by atoms with Crippen LogP contribution in [0.3, 0.4) is 0 Å². The molecule has 11 rings (SSSR count). The van der Waals surface area contributed by atoms with Gasteiger partial charge in [-0.05, 0) is 80.2 Å². The molecular formula is C51H35N3. The van der Waals surface area contributed by atoms with Gasteiger partial charge in [0.25, 0.3) is 0 Å². The van der Waals surface area contributed by atoms with Crippen molar-refractivity contribution in [3.63, 3.8) is 0 Å². The number of rotatable bonds is 4. The zero-order valence-electron chi connectivity index (χ0n) is 30.1. The molecule has 0 saturated carbocycles. The summed E-state index contributed by atoms with van der Waals surface area (Å²) in [6.07, 6.45) is 0. The molecule has 0 bridgehead atoms. The van der Waals surface area contributed by atoms with E-state index in [0.29, 0.717) is 5.82 Å². The molecule has 0 atom stereocenters. The van der Waals surface area contributed by atoms with Crippen molar-refractivity contribution in [1.82, 2.24) is 14.5 Å². The van der Waals surface area contributed by atoms with Crippen LogP contribution in [-0.2, 0) is 5.41 Å². The van der Waals surface area contributed by atoms with E-state index in [4.69, 9.17) is 9.97 Å². The number of hydrogen-bond donors (Lipinski definition) is 0. The lowest BCUT2D eigenvalue weighted by molar-refractivity contribution is 0.660. The van der Waals surface area contributed by atoms with Crippen LogP contribution in [-0.4, -0.2) is 14.5 Å². The van der Waals surface area contributed by atoms with Gasteiger partial charge < -0.3 is 4.57 Å². The normalized spacial score (nSPS) is 13.1. The molecule has 0 unspecified atom stereocenters. The highest BCUT2D eigenvalue weighted by atomic mass is 15.0. The van der Waals surface area contributed by atoms with E-state index >= 15 is 0 Å². The predicted molar refractivity (Wildman–Crippen MR) is 225 cm³/mol. The smallest absolute Gasteiger partial charge is 0.160 e. The fraction of sp³-hybridized carbons (Fsp3) is 0.0588. The van der Waals surface area contributed by atoms with E-state index < -0.39 is 0 Å². The summed E-state index contributed by atoms with van der Waals surface area (Å²) >= 11 is 0. The van der Waals surface area contributed by atoms with Gasteiger partial charge in [0.1, 0.15) is 0 Å². The Morgan fingerprint density at radius 1 is 0.426 bits per heavy atom. The molecule has 1 aliphatic carbocycles. The minimum Gasteiger partial charge on any atom is -0.309 e. The number of benzene rings is 8. The summed E-state index contributed by atoms with van der Waals surface area (Å²) in [5.41, 5.74) is 13.6. The van der Waals surface area contributed by atoms with E-state index in [1.165, 1.54) is 65.6 Å². The van der Waals surface area contributed by atoms with E-state index in [0.717, 1.165) is 33.8 Å². The summed E-state index contributed by atoms with van der Waals surface area (Å²) in [5, 5.41) is 7.57. The predicted octanol–water partition coefficient (Wildman–Crippen LogP) is 13.2. The van der Waals surface area contributed by atoms with Gasteiger partial charge in [-0.25, -0.2) is 9.97 Å². The molecular weight excluding hydrogens is 655 g/mol. The monoisotopic (exact) mass is 689 g/mol. The minimum atomic E-state index is -0.104. The van der Waals surface area contributed by atoms with Crippen LogP contribution in [0.15, 0.2) is 176 Å². The van der Waals surface area contributed by atoms with Crippen molar-refractivity contribution < 1.29 is 0 Å². The van der Waals surface area contributed by atoms with E-state index in [-0.39, 0.29) is 5.41 Å². The highest BCUT2D eigenvalue weighted by molar-refractivity contribution is 6.28. The molecule has 54 heavy (non-hydrogen) atoms. The second-order valence-electron chi connectivity index (χ2n) is 15.0. The summed E-state index contributed by atoms with van der Waals surface area (Å²) in [7, 11) is 0. The van der Waals surface area contributed by atoms with E-state index in [9.17, 15) is 0 Å². The van der Waals surface area contributed by atoms with Gasteiger partial charge in [-0.2, -0.15) is 0 Å². The molecule has 10 aromatic rings. The first-order valence-corrected chi connectivity index (χ1v) is 18.7. The molecule has 0 saturated heterocycles. The molecule has 8 aromatic carbocycles. The highest BCUT2D eigenvalue weighted by Crippen LogP contribution is 2.49. The van der Waals surface area contributed by atoms with Gasteiger partial charge in [-0.3, -0.25) is 0 Å². The third-order valence-corrected chi connectivity index (χ3v) is 11.6. The van der Waals surface area contributed by atoms with Crippen LogP contribution >= 0.6 is 0 Å². The molecule has 0 spiro atoms. The second-order valence-corrected chi connectivity index (χ2v) is 15.0. The summed E-state index contributed by atoms with van der Waals surface area (Å²) in [5.74, 6) is 0.714. The van der Waals surface area contributed by atoms with Crippen LogP contribution in [0.25, 0.3) is 94.1 Å². The molecule has 3 nitrogen and oxygen atoms in total. The Morgan fingerprint density at radius 3 is 1.70 bits per heavy atom. The first kappa shape index (κ1) is 30.8. The summed E-state index contributed by atoms with van der Waals surface area (Å²) < 4.78 is 2.42. The Balaban J connectivity index is 1.12. The SMILES string of the molecule is CC1(C)c2ccccc2-c2ccc(-c3cc(-c4cccc(-n5c6ccc7ccccc7c6c6c7ccccc7ccc65)c4)nc(-c4ccccc4)n3)cc21. The molecule has 2 heterocycles. The molecule has 254 valence electrons. The van der Waals surface area contributed by atoms with E-state index in [1.807, 2.05) is 6.07 Å². The Hall–Kier alpha value is -6.84. The maximum absolute atomic E-state index is 5.24. The zero-order chi connectivity index (χ0) is 36.0. The molecule has 3 heteroatoms. The summed E-state index contributed by atoms with van der Waals surface area (Å²) in [4.78, 5) is 10.5. The van der Waals surface area contributed by atoms with E-state index in [1.54, 1.807) is 0 Å². The average Bonchev–Trinajstić information content (AvgIpc) is 3.70. The fourth-order valence-electron chi connectivity index (χ4n) is 8.95. The van der Waals surface area contributed by atoms with Crippen molar-refractivity contribution in [3.05, 3.63) is 187 Å². The largest absolute Gasteiger partial charge is 0.309 e. The molecule has 0 N–H and O–H groups in total. The molecule has 2 aromatic heterocycles. The topological polar surface area (TPSA) is 30.7 Å². The first-order chi connectivity index (χ1) is 26.5. The van der Waals surface area contributed by atoms with Gasteiger partial charge in [0, 0.05) is 38.6 Å². The van der Waals surface area contributed by atoms with Crippen LogP contribution in [0, 0.1) is 0 Å². The number of aromatic nitrogens is 3. The minimum absolute atomic E-state index is 0.104. The molecule has 0 aliphatic heterocycles. The van der Waals surface area contributed by atoms with Gasteiger partial charge in [-0.1, -0.05) is 153 Å². The third-order valence-electron chi connectivity index (χ3n) is 11.6. The maximum atomic E-state index is 5.24. The van der Waals surface area contributed by atoms with Gasteiger partial charge in [0.15, 0.2) is 5.82 Å². The molecule has 0 radical (unpaired) electrons. The number of hydrogen-bond acceptors (Lipinski definition) is 2. The lowest BCUT2D eigenvalue weighted by atomic mass is 9.82. The van der Waals surface area contributed by atoms with Gasteiger partial charge in [0.05, 0.1) is 22.4 Å². The standard InChI is InChI=1S/C51H35N3/c1-51(2)42-22-11-10-21-40(42)41-26-23-36(30-43(41)51)45-31-44(52-50(53-45)34-15-4-3-5-16-34)35-17-12-18-37(29-35)54-46-27-24-32-13-6-8-19-38(32)48(46)49-39-20-9-7-14-33(39)25-28-47(49)54/h3-31H,1-2H3. The van der Waals surface area contributed by atoms with Crippen LogP contribution in [0.4, 0.5) is 0 Å². The van der Waals surface area contributed by atoms with Gasteiger partial charge >= 0.3 is 0 Å².